The highest BCUT2D eigenvalue weighted by atomic mass is 16.5. The van der Waals surface area contributed by atoms with E-state index in [1.807, 2.05) is 37.3 Å². The van der Waals surface area contributed by atoms with Crippen LogP contribution in [0.4, 0.5) is 0 Å². The highest BCUT2D eigenvalue weighted by molar-refractivity contribution is 5.87. The first-order valence-corrected chi connectivity index (χ1v) is 10.3. The molecule has 1 N–H and O–H groups in total. The van der Waals surface area contributed by atoms with E-state index in [4.69, 9.17) is 9.72 Å². The first kappa shape index (κ1) is 20.6. The maximum atomic E-state index is 11.6. The standard InChI is InChI=1S/C24H29N3O2/c1-3-8-24(28)25-16-15-23-26-21-9-5-6-10-22(21)27(23)17-7-18-29-20-13-11-19(4-2)12-14-20/h3,5-6,8-14H,4,7,15-18H2,1-2H3,(H,25,28)/b8-3+. The van der Waals surface area contributed by atoms with Crippen LogP contribution < -0.4 is 10.1 Å². The molecule has 0 bridgehead atoms. The number of fused-ring (bicyclic) bond motifs is 1. The fraction of sp³-hybridized carbons (Fsp3) is 0.333. The smallest absolute Gasteiger partial charge is 0.243 e. The van der Waals surface area contributed by atoms with E-state index in [9.17, 15) is 4.79 Å². The van der Waals surface area contributed by atoms with Crippen LogP contribution in [0.5, 0.6) is 5.75 Å². The predicted octanol–water partition coefficient (Wildman–Crippen LogP) is 4.30. The van der Waals surface area contributed by atoms with Crippen molar-refractivity contribution in [2.45, 2.75) is 39.7 Å². The first-order valence-electron chi connectivity index (χ1n) is 10.3. The lowest BCUT2D eigenvalue weighted by Gasteiger charge is -2.11. The zero-order valence-corrected chi connectivity index (χ0v) is 17.2. The second kappa shape index (κ2) is 10.5. The Labute approximate surface area is 172 Å². The molecule has 0 aliphatic carbocycles. The average molecular weight is 392 g/mol. The van der Waals surface area contributed by atoms with Gasteiger partial charge in [-0.05, 0) is 55.7 Å². The number of aromatic nitrogens is 2. The molecule has 3 rings (SSSR count). The number of nitrogens with zero attached hydrogens (tertiary/aromatic N) is 2. The van der Waals surface area contributed by atoms with Crippen molar-refractivity contribution in [1.29, 1.82) is 0 Å². The van der Waals surface area contributed by atoms with E-state index in [0.29, 0.717) is 19.6 Å². The van der Waals surface area contributed by atoms with Crippen LogP contribution in [-0.4, -0.2) is 28.6 Å². The van der Waals surface area contributed by atoms with Gasteiger partial charge in [-0.15, -0.1) is 0 Å². The summed E-state index contributed by atoms with van der Waals surface area (Å²) in [5.74, 6) is 1.82. The number of amides is 1. The SMILES string of the molecule is C/C=C/C(=O)NCCc1nc2ccccc2n1CCCOc1ccc(CC)cc1. The summed E-state index contributed by atoms with van der Waals surface area (Å²) in [6, 6.07) is 16.4. The van der Waals surface area contributed by atoms with Gasteiger partial charge < -0.3 is 14.6 Å². The highest BCUT2D eigenvalue weighted by Crippen LogP contribution is 2.18. The Morgan fingerprint density at radius 3 is 2.72 bits per heavy atom. The van der Waals surface area contributed by atoms with E-state index >= 15 is 0 Å². The minimum absolute atomic E-state index is 0.0716. The van der Waals surface area contributed by atoms with Crippen LogP contribution >= 0.6 is 0 Å². The molecule has 2 aromatic carbocycles. The number of aryl methyl sites for hydroxylation is 2. The van der Waals surface area contributed by atoms with Gasteiger partial charge in [0.2, 0.25) is 5.91 Å². The van der Waals surface area contributed by atoms with Gasteiger partial charge in [0.25, 0.3) is 0 Å². The molecule has 1 aromatic heterocycles. The van der Waals surface area contributed by atoms with Crippen LogP contribution in [-0.2, 0) is 24.2 Å². The molecule has 152 valence electrons. The molecule has 5 heteroatoms. The van der Waals surface area contributed by atoms with Crippen LogP contribution in [0.2, 0.25) is 0 Å². The maximum Gasteiger partial charge on any atom is 0.243 e. The summed E-state index contributed by atoms with van der Waals surface area (Å²) in [4.78, 5) is 16.4. The number of rotatable bonds is 10. The van der Waals surface area contributed by atoms with E-state index in [1.165, 1.54) is 11.6 Å². The summed E-state index contributed by atoms with van der Waals surface area (Å²) < 4.78 is 8.13. The van der Waals surface area contributed by atoms with Crippen LogP contribution in [0, 0.1) is 0 Å². The van der Waals surface area contributed by atoms with Crippen molar-refractivity contribution in [2.75, 3.05) is 13.2 Å². The molecular formula is C24H29N3O2. The fourth-order valence-electron chi connectivity index (χ4n) is 3.31. The van der Waals surface area contributed by atoms with Gasteiger partial charge in [0.1, 0.15) is 11.6 Å². The van der Waals surface area contributed by atoms with Crippen LogP contribution in [0.3, 0.4) is 0 Å². The minimum Gasteiger partial charge on any atom is -0.494 e. The second-order valence-electron chi connectivity index (χ2n) is 6.91. The predicted molar refractivity (Wildman–Crippen MR) is 117 cm³/mol. The number of ether oxygens (including phenoxy) is 1. The Morgan fingerprint density at radius 2 is 1.97 bits per heavy atom. The molecule has 1 amide bonds. The van der Waals surface area contributed by atoms with E-state index in [1.54, 1.807) is 6.08 Å². The number of benzene rings is 2. The summed E-state index contributed by atoms with van der Waals surface area (Å²) in [6.07, 6.45) is 5.88. The van der Waals surface area contributed by atoms with E-state index < -0.39 is 0 Å². The third kappa shape index (κ3) is 5.70. The number of carbonyl (C=O) groups excluding carboxylic acids is 1. The van der Waals surface area contributed by atoms with E-state index in [2.05, 4.69) is 35.0 Å². The number of allylic oxidation sites excluding steroid dienone is 1. The zero-order valence-electron chi connectivity index (χ0n) is 17.2. The normalized spacial score (nSPS) is 11.2. The van der Waals surface area contributed by atoms with Crippen molar-refractivity contribution < 1.29 is 9.53 Å². The van der Waals surface area contributed by atoms with Crippen LogP contribution in [0.15, 0.2) is 60.7 Å². The molecule has 0 saturated carbocycles. The molecular weight excluding hydrogens is 362 g/mol. The monoisotopic (exact) mass is 391 g/mol. The lowest BCUT2D eigenvalue weighted by Crippen LogP contribution is -2.24. The topological polar surface area (TPSA) is 56.2 Å². The first-order chi connectivity index (χ1) is 14.2. The van der Waals surface area contributed by atoms with Gasteiger partial charge in [-0.2, -0.15) is 0 Å². The number of para-hydroxylation sites is 2. The maximum absolute atomic E-state index is 11.6. The molecule has 5 nitrogen and oxygen atoms in total. The molecule has 1 heterocycles. The molecule has 29 heavy (non-hydrogen) atoms. The number of hydrogen-bond donors (Lipinski definition) is 1. The molecule has 0 radical (unpaired) electrons. The minimum atomic E-state index is -0.0716. The molecule has 0 unspecified atom stereocenters. The van der Waals surface area contributed by atoms with Gasteiger partial charge in [-0.1, -0.05) is 37.3 Å². The second-order valence-corrected chi connectivity index (χ2v) is 6.91. The number of nitrogens with one attached hydrogen (secondary N) is 1. The summed E-state index contributed by atoms with van der Waals surface area (Å²) in [6.45, 7) is 6.02. The van der Waals surface area contributed by atoms with Gasteiger partial charge >= 0.3 is 0 Å². The van der Waals surface area contributed by atoms with E-state index in [-0.39, 0.29) is 5.91 Å². The number of carbonyl (C=O) groups is 1. The van der Waals surface area contributed by atoms with Gasteiger partial charge in [-0.3, -0.25) is 4.79 Å². The van der Waals surface area contributed by atoms with Crippen molar-refractivity contribution in [3.05, 3.63) is 72.1 Å². The molecule has 0 spiro atoms. The Hall–Kier alpha value is -3.08. The molecule has 0 saturated heterocycles. The highest BCUT2D eigenvalue weighted by Gasteiger charge is 2.10. The van der Waals surface area contributed by atoms with Crippen molar-refractivity contribution in [2.24, 2.45) is 0 Å². The average Bonchev–Trinajstić information content (AvgIpc) is 3.09. The van der Waals surface area contributed by atoms with Crippen molar-refractivity contribution in [1.82, 2.24) is 14.9 Å². The largest absolute Gasteiger partial charge is 0.494 e. The number of hydrogen-bond acceptors (Lipinski definition) is 3. The molecule has 3 aromatic rings. The molecule has 0 fully saturated rings. The van der Waals surface area contributed by atoms with Gasteiger partial charge in [0, 0.05) is 19.5 Å². The Balaban J connectivity index is 1.59. The van der Waals surface area contributed by atoms with Crippen molar-refractivity contribution in [3.63, 3.8) is 0 Å². The van der Waals surface area contributed by atoms with Crippen LogP contribution in [0.25, 0.3) is 11.0 Å². The third-order valence-electron chi connectivity index (χ3n) is 4.83. The number of imidazole rings is 1. The summed E-state index contributed by atoms with van der Waals surface area (Å²) in [7, 11) is 0. The molecule has 0 aliphatic rings. The summed E-state index contributed by atoms with van der Waals surface area (Å²) in [5.41, 5.74) is 3.42. The quantitative estimate of drug-likeness (QED) is 0.414. The lowest BCUT2D eigenvalue weighted by atomic mass is 10.2. The van der Waals surface area contributed by atoms with Gasteiger partial charge in [-0.25, -0.2) is 4.98 Å². The van der Waals surface area contributed by atoms with Gasteiger partial charge in [0.15, 0.2) is 0 Å². The third-order valence-corrected chi connectivity index (χ3v) is 4.83. The molecule has 0 atom stereocenters. The zero-order chi connectivity index (χ0) is 20.5. The Morgan fingerprint density at radius 1 is 1.17 bits per heavy atom. The Kier molecular flexibility index (Phi) is 7.45. The van der Waals surface area contributed by atoms with E-state index in [0.717, 1.165) is 42.0 Å². The summed E-state index contributed by atoms with van der Waals surface area (Å²) >= 11 is 0. The fourth-order valence-corrected chi connectivity index (χ4v) is 3.31. The Bertz CT molecular complexity index is 958. The van der Waals surface area contributed by atoms with Crippen molar-refractivity contribution in [3.8, 4) is 5.75 Å². The summed E-state index contributed by atoms with van der Waals surface area (Å²) in [5, 5.41) is 2.90. The van der Waals surface area contributed by atoms with Crippen molar-refractivity contribution >= 4 is 16.9 Å². The van der Waals surface area contributed by atoms with Gasteiger partial charge in [0.05, 0.1) is 17.6 Å². The molecule has 0 aliphatic heterocycles. The van der Waals surface area contributed by atoms with Crippen LogP contribution in [0.1, 0.15) is 31.7 Å². The lowest BCUT2D eigenvalue weighted by molar-refractivity contribution is -0.116.